The van der Waals surface area contributed by atoms with Crippen LogP contribution >= 0.6 is 0 Å². The number of nitrogens with one attached hydrogen (secondary N) is 4. The largest absolute Gasteiger partial charge is 0.480 e. The average Bonchev–Trinajstić information content (AvgIpc) is 3.29. The first kappa shape index (κ1) is 29.7. The molecule has 2 rings (SSSR count). The Balaban J connectivity index is 1.99. The quantitative estimate of drug-likeness (QED) is 0.127. The number of aromatic nitrogens is 1. The van der Waals surface area contributed by atoms with E-state index in [1.54, 1.807) is 6.20 Å². The lowest BCUT2D eigenvalue weighted by atomic mass is 10.0. The SMILES string of the molecule is NCCCC[C@H](NC(=O)CNC(=O)[C@@H](N)CCCCN)C(=O)N[C@@H](Cc1c[nH]c2ccccc12)C(=O)O. The summed E-state index contributed by atoms with van der Waals surface area (Å²) in [4.78, 5) is 52.7. The molecule has 1 aromatic carbocycles. The molecular formula is C25H39N7O5. The molecule has 12 heteroatoms. The van der Waals surface area contributed by atoms with Crippen LogP contribution in [0.2, 0.25) is 0 Å². The lowest BCUT2D eigenvalue weighted by Crippen LogP contribution is -2.54. The van der Waals surface area contributed by atoms with E-state index in [2.05, 4.69) is 20.9 Å². The molecule has 3 amide bonds. The van der Waals surface area contributed by atoms with Crippen LogP contribution in [0.1, 0.15) is 44.1 Å². The standard InChI is InChI=1S/C25H39N7O5/c26-11-5-3-8-18(28)23(34)30-15-22(33)31-20(10-4-6-12-27)24(35)32-21(25(36)37)13-16-14-29-19-9-2-1-7-17(16)19/h1-2,7,9,14,18,20-21,29H,3-6,8,10-13,15,26-28H2,(H,30,34)(H,31,33)(H,32,35)(H,36,37)/t18-,20-,21-/m0/s1. The van der Waals surface area contributed by atoms with Crippen molar-refractivity contribution in [2.45, 2.75) is 63.1 Å². The number of carbonyl (C=O) groups excluding carboxylic acids is 3. The number of para-hydroxylation sites is 1. The molecule has 0 radical (unpaired) electrons. The Kier molecular flexibility index (Phi) is 12.5. The zero-order valence-electron chi connectivity index (χ0n) is 21.0. The van der Waals surface area contributed by atoms with Crippen LogP contribution in [0.4, 0.5) is 0 Å². The third-order valence-corrected chi connectivity index (χ3v) is 6.04. The first-order valence-corrected chi connectivity index (χ1v) is 12.6. The van der Waals surface area contributed by atoms with Gasteiger partial charge in [0.15, 0.2) is 0 Å². The van der Waals surface area contributed by atoms with Crippen molar-refractivity contribution in [3.63, 3.8) is 0 Å². The van der Waals surface area contributed by atoms with E-state index < -0.39 is 41.8 Å². The van der Waals surface area contributed by atoms with Gasteiger partial charge in [0.2, 0.25) is 17.7 Å². The summed E-state index contributed by atoms with van der Waals surface area (Å²) in [7, 11) is 0. The monoisotopic (exact) mass is 517 g/mol. The molecule has 0 aliphatic heterocycles. The van der Waals surface area contributed by atoms with Crippen molar-refractivity contribution in [3.8, 4) is 0 Å². The van der Waals surface area contributed by atoms with Gasteiger partial charge in [0, 0.05) is 23.5 Å². The van der Waals surface area contributed by atoms with Crippen molar-refractivity contribution in [2.24, 2.45) is 17.2 Å². The van der Waals surface area contributed by atoms with Crippen LogP contribution in [-0.4, -0.2) is 71.5 Å². The van der Waals surface area contributed by atoms with Crippen molar-refractivity contribution < 1.29 is 24.3 Å². The maximum atomic E-state index is 13.0. The molecule has 0 spiro atoms. The van der Waals surface area contributed by atoms with Gasteiger partial charge in [0.1, 0.15) is 12.1 Å². The molecule has 0 bridgehead atoms. The van der Waals surface area contributed by atoms with Gasteiger partial charge in [-0.2, -0.15) is 0 Å². The van der Waals surface area contributed by atoms with Gasteiger partial charge in [-0.15, -0.1) is 0 Å². The van der Waals surface area contributed by atoms with Crippen molar-refractivity contribution in [1.29, 1.82) is 0 Å². The van der Waals surface area contributed by atoms with Gasteiger partial charge >= 0.3 is 5.97 Å². The van der Waals surface area contributed by atoms with Crippen molar-refractivity contribution in [3.05, 3.63) is 36.0 Å². The molecule has 3 atom stereocenters. The zero-order valence-corrected chi connectivity index (χ0v) is 21.0. The summed E-state index contributed by atoms with van der Waals surface area (Å²) < 4.78 is 0. The highest BCUT2D eigenvalue weighted by Crippen LogP contribution is 2.19. The Morgan fingerprint density at radius 1 is 0.892 bits per heavy atom. The lowest BCUT2D eigenvalue weighted by molar-refractivity contribution is -0.142. The second kappa shape index (κ2) is 15.6. The minimum Gasteiger partial charge on any atom is -0.480 e. The molecule has 37 heavy (non-hydrogen) atoms. The fraction of sp³-hybridized carbons (Fsp3) is 0.520. The van der Waals surface area contributed by atoms with Gasteiger partial charge in [0.05, 0.1) is 12.6 Å². The second-order valence-corrected chi connectivity index (χ2v) is 8.98. The normalized spacial score (nSPS) is 13.5. The number of aromatic amines is 1. The Morgan fingerprint density at radius 2 is 1.57 bits per heavy atom. The average molecular weight is 518 g/mol. The topological polar surface area (TPSA) is 218 Å². The predicted octanol–water partition coefficient (Wildman–Crippen LogP) is -0.534. The molecule has 0 fully saturated rings. The van der Waals surface area contributed by atoms with E-state index in [4.69, 9.17) is 17.2 Å². The Labute approximate surface area is 216 Å². The Bertz CT molecular complexity index is 1040. The second-order valence-electron chi connectivity index (χ2n) is 8.98. The van der Waals surface area contributed by atoms with Gasteiger partial charge in [-0.05, 0) is 56.8 Å². The molecule has 204 valence electrons. The Morgan fingerprint density at radius 3 is 2.24 bits per heavy atom. The third-order valence-electron chi connectivity index (χ3n) is 6.04. The van der Waals surface area contributed by atoms with Gasteiger partial charge < -0.3 is 43.2 Å². The summed E-state index contributed by atoms with van der Waals surface area (Å²) in [5, 5.41) is 18.2. The number of amides is 3. The first-order valence-electron chi connectivity index (χ1n) is 12.6. The van der Waals surface area contributed by atoms with E-state index in [9.17, 15) is 24.3 Å². The number of nitrogens with two attached hydrogens (primary N) is 3. The van der Waals surface area contributed by atoms with Crippen LogP contribution in [0.25, 0.3) is 10.9 Å². The maximum Gasteiger partial charge on any atom is 0.326 e. The fourth-order valence-electron chi connectivity index (χ4n) is 3.94. The Hall–Kier alpha value is -3.48. The number of carboxylic acids is 1. The molecule has 0 saturated carbocycles. The highest BCUT2D eigenvalue weighted by Gasteiger charge is 2.27. The minimum absolute atomic E-state index is 0.0622. The molecule has 0 aliphatic carbocycles. The van der Waals surface area contributed by atoms with Crippen molar-refractivity contribution in [2.75, 3.05) is 19.6 Å². The lowest BCUT2D eigenvalue weighted by Gasteiger charge is -2.22. The van der Waals surface area contributed by atoms with E-state index in [0.717, 1.165) is 22.9 Å². The first-order chi connectivity index (χ1) is 17.8. The number of aliphatic carboxylic acids is 1. The van der Waals surface area contributed by atoms with Gasteiger partial charge in [-0.1, -0.05) is 24.6 Å². The number of hydrogen-bond acceptors (Lipinski definition) is 7. The van der Waals surface area contributed by atoms with E-state index >= 15 is 0 Å². The summed E-state index contributed by atoms with van der Waals surface area (Å²) in [5.74, 6) is -2.87. The van der Waals surface area contributed by atoms with E-state index in [1.165, 1.54) is 0 Å². The zero-order chi connectivity index (χ0) is 27.2. The molecule has 0 unspecified atom stereocenters. The maximum absolute atomic E-state index is 13.0. The predicted molar refractivity (Wildman–Crippen MR) is 140 cm³/mol. The van der Waals surface area contributed by atoms with Crippen LogP contribution in [-0.2, 0) is 25.6 Å². The number of unbranched alkanes of at least 4 members (excludes halogenated alkanes) is 2. The minimum atomic E-state index is -1.20. The van der Waals surface area contributed by atoms with Gasteiger partial charge in [0.25, 0.3) is 0 Å². The molecule has 2 aromatic rings. The number of rotatable bonds is 17. The molecular weight excluding hydrogens is 478 g/mol. The molecule has 1 heterocycles. The summed E-state index contributed by atoms with van der Waals surface area (Å²) in [5.41, 5.74) is 18.4. The van der Waals surface area contributed by atoms with Crippen molar-refractivity contribution >= 4 is 34.6 Å². The number of carboxylic acid groups (broad SMARTS) is 1. The van der Waals surface area contributed by atoms with Crippen LogP contribution in [0, 0.1) is 0 Å². The summed E-state index contributed by atoms with van der Waals surface area (Å²) >= 11 is 0. The number of carbonyl (C=O) groups is 4. The van der Waals surface area contributed by atoms with Crippen molar-refractivity contribution in [1.82, 2.24) is 20.9 Å². The number of benzene rings is 1. The summed E-state index contributed by atoms with van der Waals surface area (Å²) in [6.45, 7) is 0.565. The van der Waals surface area contributed by atoms with E-state index in [0.29, 0.717) is 38.8 Å². The smallest absolute Gasteiger partial charge is 0.326 e. The number of fused-ring (bicyclic) bond motifs is 1. The number of hydrogen-bond donors (Lipinski definition) is 8. The van der Waals surface area contributed by atoms with Crippen LogP contribution < -0.4 is 33.2 Å². The van der Waals surface area contributed by atoms with E-state index in [1.807, 2.05) is 24.3 Å². The van der Waals surface area contributed by atoms with Gasteiger partial charge in [-0.3, -0.25) is 14.4 Å². The molecule has 12 nitrogen and oxygen atoms in total. The van der Waals surface area contributed by atoms with E-state index in [-0.39, 0.29) is 19.4 Å². The molecule has 0 aliphatic rings. The number of H-pyrrole nitrogens is 1. The highest BCUT2D eigenvalue weighted by atomic mass is 16.4. The van der Waals surface area contributed by atoms with Crippen LogP contribution in [0.3, 0.4) is 0 Å². The summed E-state index contributed by atoms with van der Waals surface area (Å²) in [6.07, 6.45) is 5.12. The van der Waals surface area contributed by atoms with Crippen LogP contribution in [0.15, 0.2) is 30.5 Å². The van der Waals surface area contributed by atoms with Crippen LogP contribution in [0.5, 0.6) is 0 Å². The highest BCUT2D eigenvalue weighted by molar-refractivity contribution is 5.93. The molecule has 1 aromatic heterocycles. The van der Waals surface area contributed by atoms with Gasteiger partial charge in [-0.25, -0.2) is 4.79 Å². The summed E-state index contributed by atoms with van der Waals surface area (Å²) in [6, 6.07) is 4.52. The molecule has 0 saturated heterocycles. The fourth-order valence-corrected chi connectivity index (χ4v) is 3.94. The third kappa shape index (κ3) is 9.83. The molecule has 11 N–H and O–H groups in total.